The minimum atomic E-state index is -0.344. The third-order valence-corrected chi connectivity index (χ3v) is 2.92. The molecule has 0 bridgehead atoms. The summed E-state index contributed by atoms with van der Waals surface area (Å²) in [6, 6.07) is 9.71. The first-order valence-corrected chi connectivity index (χ1v) is 5.47. The summed E-state index contributed by atoms with van der Waals surface area (Å²) in [6.07, 6.45) is 1.77. The van der Waals surface area contributed by atoms with Crippen LogP contribution in [0.2, 0.25) is 0 Å². The van der Waals surface area contributed by atoms with Gasteiger partial charge < -0.3 is 9.47 Å². The number of esters is 1. The van der Waals surface area contributed by atoms with Crippen molar-refractivity contribution >= 4 is 5.97 Å². The van der Waals surface area contributed by atoms with Crippen molar-refractivity contribution in [3.63, 3.8) is 0 Å². The molecule has 2 rings (SSSR count). The molecule has 86 valence electrons. The maximum atomic E-state index is 11.8. The lowest BCUT2D eigenvalue weighted by Gasteiger charge is -2.13. The Kier molecular flexibility index (Phi) is 3.25. The Morgan fingerprint density at radius 3 is 2.56 bits per heavy atom. The van der Waals surface area contributed by atoms with E-state index in [1.165, 1.54) is 0 Å². The van der Waals surface area contributed by atoms with Crippen LogP contribution >= 0.6 is 0 Å². The zero-order valence-electron chi connectivity index (χ0n) is 9.44. The SMILES string of the molecule is COCC1(C(=O)OCc2ccccc2)CC1. The van der Waals surface area contributed by atoms with E-state index < -0.39 is 0 Å². The number of methoxy groups -OCH3 is 1. The number of benzene rings is 1. The van der Waals surface area contributed by atoms with Gasteiger partial charge >= 0.3 is 5.97 Å². The number of hydrogen-bond donors (Lipinski definition) is 0. The van der Waals surface area contributed by atoms with Crippen LogP contribution in [0.15, 0.2) is 30.3 Å². The van der Waals surface area contributed by atoms with Gasteiger partial charge in [0.05, 0.1) is 12.0 Å². The molecule has 1 saturated carbocycles. The molecule has 0 N–H and O–H groups in total. The molecule has 0 radical (unpaired) electrons. The van der Waals surface area contributed by atoms with E-state index in [1.54, 1.807) is 7.11 Å². The van der Waals surface area contributed by atoms with Crippen LogP contribution in [-0.4, -0.2) is 19.7 Å². The van der Waals surface area contributed by atoms with Crippen molar-refractivity contribution in [1.29, 1.82) is 0 Å². The van der Waals surface area contributed by atoms with Crippen LogP contribution in [0.4, 0.5) is 0 Å². The predicted molar refractivity (Wildman–Crippen MR) is 59.8 cm³/mol. The highest BCUT2D eigenvalue weighted by molar-refractivity contribution is 5.80. The molecule has 3 nitrogen and oxygen atoms in total. The highest BCUT2D eigenvalue weighted by Gasteiger charge is 2.51. The third kappa shape index (κ3) is 2.42. The topological polar surface area (TPSA) is 35.5 Å². The summed E-state index contributed by atoms with van der Waals surface area (Å²) in [4.78, 5) is 11.8. The van der Waals surface area contributed by atoms with Crippen LogP contribution in [0.5, 0.6) is 0 Å². The van der Waals surface area contributed by atoms with Gasteiger partial charge in [-0.1, -0.05) is 30.3 Å². The Morgan fingerprint density at radius 1 is 1.31 bits per heavy atom. The van der Waals surface area contributed by atoms with Crippen molar-refractivity contribution in [3.8, 4) is 0 Å². The Hall–Kier alpha value is -1.35. The van der Waals surface area contributed by atoms with Crippen LogP contribution < -0.4 is 0 Å². The second kappa shape index (κ2) is 4.66. The maximum absolute atomic E-state index is 11.8. The summed E-state index contributed by atoms with van der Waals surface area (Å²) in [7, 11) is 1.62. The van der Waals surface area contributed by atoms with Crippen molar-refractivity contribution in [3.05, 3.63) is 35.9 Å². The Balaban J connectivity index is 1.85. The largest absolute Gasteiger partial charge is 0.460 e. The van der Waals surface area contributed by atoms with Crippen molar-refractivity contribution < 1.29 is 14.3 Å². The molecule has 0 unspecified atom stereocenters. The molecule has 3 heteroatoms. The second-order valence-corrected chi connectivity index (χ2v) is 4.28. The van der Waals surface area contributed by atoms with Crippen molar-refractivity contribution in [2.75, 3.05) is 13.7 Å². The zero-order chi connectivity index (χ0) is 11.4. The van der Waals surface area contributed by atoms with E-state index >= 15 is 0 Å². The van der Waals surface area contributed by atoms with E-state index in [0.29, 0.717) is 13.2 Å². The van der Waals surface area contributed by atoms with Crippen LogP contribution in [-0.2, 0) is 20.9 Å². The molecule has 1 aliphatic carbocycles. The molecular formula is C13H16O3. The minimum absolute atomic E-state index is 0.127. The van der Waals surface area contributed by atoms with Gasteiger partial charge in [-0.25, -0.2) is 0 Å². The monoisotopic (exact) mass is 220 g/mol. The van der Waals surface area contributed by atoms with E-state index in [2.05, 4.69) is 0 Å². The summed E-state index contributed by atoms with van der Waals surface area (Å²) in [5, 5.41) is 0. The van der Waals surface area contributed by atoms with Gasteiger partial charge in [0.2, 0.25) is 0 Å². The number of hydrogen-bond acceptors (Lipinski definition) is 3. The van der Waals surface area contributed by atoms with Crippen LogP contribution in [0.1, 0.15) is 18.4 Å². The van der Waals surface area contributed by atoms with Gasteiger partial charge in [-0.15, -0.1) is 0 Å². The van der Waals surface area contributed by atoms with Gasteiger partial charge in [0, 0.05) is 7.11 Å². The van der Waals surface area contributed by atoms with Crippen LogP contribution in [0, 0.1) is 5.41 Å². The molecule has 0 aliphatic heterocycles. The summed E-state index contributed by atoms with van der Waals surface area (Å²) in [6.45, 7) is 0.825. The number of carbonyl (C=O) groups excluding carboxylic acids is 1. The molecule has 1 aromatic rings. The van der Waals surface area contributed by atoms with Gasteiger partial charge in [0.15, 0.2) is 0 Å². The summed E-state index contributed by atoms with van der Waals surface area (Å²) in [5.41, 5.74) is 0.674. The Labute approximate surface area is 95.4 Å². The van der Waals surface area contributed by atoms with Crippen molar-refractivity contribution in [1.82, 2.24) is 0 Å². The van der Waals surface area contributed by atoms with E-state index in [1.807, 2.05) is 30.3 Å². The molecule has 1 aromatic carbocycles. The first kappa shape index (κ1) is 11.1. The van der Waals surface area contributed by atoms with Crippen LogP contribution in [0.3, 0.4) is 0 Å². The molecule has 0 amide bonds. The normalized spacial score (nSPS) is 16.8. The molecule has 0 atom stereocenters. The molecule has 16 heavy (non-hydrogen) atoms. The fourth-order valence-electron chi connectivity index (χ4n) is 1.71. The first-order valence-electron chi connectivity index (χ1n) is 5.47. The van der Waals surface area contributed by atoms with Crippen molar-refractivity contribution in [2.24, 2.45) is 5.41 Å². The molecule has 0 saturated heterocycles. The lowest BCUT2D eigenvalue weighted by molar-refractivity contribution is -0.153. The quantitative estimate of drug-likeness (QED) is 0.713. The Bertz CT molecular complexity index is 355. The van der Waals surface area contributed by atoms with Gasteiger partial charge in [0.1, 0.15) is 6.61 Å². The van der Waals surface area contributed by atoms with Crippen molar-refractivity contribution in [2.45, 2.75) is 19.4 Å². The van der Waals surface area contributed by atoms with E-state index in [4.69, 9.17) is 9.47 Å². The van der Waals surface area contributed by atoms with E-state index in [0.717, 1.165) is 18.4 Å². The smallest absolute Gasteiger partial charge is 0.314 e. The zero-order valence-corrected chi connectivity index (χ0v) is 9.44. The van der Waals surface area contributed by atoms with E-state index in [-0.39, 0.29) is 11.4 Å². The number of ether oxygens (including phenoxy) is 2. The summed E-state index contributed by atoms with van der Waals surface area (Å²) < 4.78 is 10.3. The predicted octanol–water partition coefficient (Wildman–Crippen LogP) is 2.16. The lowest BCUT2D eigenvalue weighted by atomic mass is 10.1. The molecule has 1 fully saturated rings. The van der Waals surface area contributed by atoms with E-state index in [9.17, 15) is 4.79 Å². The summed E-state index contributed by atoms with van der Waals surface area (Å²) in [5.74, 6) is -0.127. The Morgan fingerprint density at radius 2 is 2.00 bits per heavy atom. The van der Waals surface area contributed by atoms with Crippen LogP contribution in [0.25, 0.3) is 0 Å². The molecule has 0 spiro atoms. The van der Waals surface area contributed by atoms with Gasteiger partial charge in [-0.3, -0.25) is 4.79 Å². The minimum Gasteiger partial charge on any atom is -0.460 e. The standard InChI is InChI=1S/C13H16O3/c1-15-10-13(7-8-13)12(14)16-9-11-5-3-2-4-6-11/h2-6H,7-10H2,1H3. The maximum Gasteiger partial charge on any atom is 0.314 e. The second-order valence-electron chi connectivity index (χ2n) is 4.28. The summed E-state index contributed by atoms with van der Waals surface area (Å²) >= 11 is 0. The van der Waals surface area contributed by atoms with Gasteiger partial charge in [-0.05, 0) is 18.4 Å². The third-order valence-electron chi connectivity index (χ3n) is 2.92. The average Bonchev–Trinajstić information content (AvgIpc) is 3.09. The molecular weight excluding hydrogens is 204 g/mol. The molecule has 0 heterocycles. The van der Waals surface area contributed by atoms with Gasteiger partial charge in [-0.2, -0.15) is 0 Å². The fourth-order valence-corrected chi connectivity index (χ4v) is 1.71. The number of carbonyl (C=O) groups is 1. The molecule has 0 aromatic heterocycles. The van der Waals surface area contributed by atoms with Gasteiger partial charge in [0.25, 0.3) is 0 Å². The highest BCUT2D eigenvalue weighted by Crippen LogP contribution is 2.46. The first-order chi connectivity index (χ1) is 7.77. The average molecular weight is 220 g/mol. The highest BCUT2D eigenvalue weighted by atomic mass is 16.5. The fraction of sp³-hybridized carbons (Fsp3) is 0.462. The molecule has 1 aliphatic rings. The lowest BCUT2D eigenvalue weighted by Crippen LogP contribution is -2.23. The number of rotatable bonds is 5.